The van der Waals surface area contributed by atoms with E-state index < -0.39 is 18.1 Å². The van der Waals surface area contributed by atoms with Crippen LogP contribution in [0.2, 0.25) is 0 Å². The van der Waals surface area contributed by atoms with Gasteiger partial charge in [-0.2, -0.15) is 0 Å². The zero-order chi connectivity index (χ0) is 28.1. The minimum absolute atomic E-state index is 0.0882. The Bertz CT molecular complexity index is 1080. The molecule has 1 amide bonds. The third kappa shape index (κ3) is 6.94. The van der Waals surface area contributed by atoms with Crippen molar-refractivity contribution in [3.05, 3.63) is 50.7 Å². The molecular formula is C30H45NO5S. The molecule has 0 saturated carbocycles. The highest BCUT2D eigenvalue weighted by atomic mass is 32.1. The van der Waals surface area contributed by atoms with E-state index >= 15 is 0 Å². The molecule has 0 radical (unpaired) electrons. The monoisotopic (exact) mass is 531 g/mol. The van der Waals surface area contributed by atoms with Crippen molar-refractivity contribution in [2.45, 2.75) is 92.7 Å². The molecule has 0 fully saturated rings. The third-order valence-corrected chi connectivity index (χ3v) is 8.78. The van der Waals surface area contributed by atoms with E-state index in [-0.39, 0.29) is 29.3 Å². The molecule has 2 rings (SSSR count). The summed E-state index contributed by atoms with van der Waals surface area (Å²) >= 11 is 1.49. The van der Waals surface area contributed by atoms with Crippen molar-refractivity contribution < 1.29 is 24.2 Å². The molecule has 0 aliphatic rings. The quantitative estimate of drug-likeness (QED) is 0.338. The molecule has 1 aromatic heterocycles. The summed E-state index contributed by atoms with van der Waals surface area (Å²) in [7, 11) is 1.33. The lowest BCUT2D eigenvalue weighted by atomic mass is 9.74. The van der Waals surface area contributed by atoms with Crippen LogP contribution in [0.15, 0.2) is 24.3 Å². The van der Waals surface area contributed by atoms with Gasteiger partial charge in [-0.1, -0.05) is 60.6 Å². The van der Waals surface area contributed by atoms with Crippen LogP contribution in [0.1, 0.15) is 92.5 Å². The number of amides is 1. The number of carbonyl (C=O) groups excluding carboxylic acids is 2. The molecule has 0 aliphatic carbocycles. The molecule has 0 bridgehead atoms. The maximum absolute atomic E-state index is 13.2. The Morgan fingerprint density at radius 2 is 1.68 bits per heavy atom. The number of carbonyl (C=O) groups is 2. The number of thiophene rings is 1. The molecule has 1 heterocycles. The van der Waals surface area contributed by atoms with Crippen LogP contribution < -0.4 is 10.1 Å². The van der Waals surface area contributed by atoms with Gasteiger partial charge in [-0.3, -0.25) is 4.79 Å². The van der Waals surface area contributed by atoms with E-state index in [4.69, 9.17) is 9.47 Å². The first-order valence-electron chi connectivity index (χ1n) is 13.1. The van der Waals surface area contributed by atoms with E-state index in [0.29, 0.717) is 4.88 Å². The number of hydrogen-bond donors (Lipinski definition) is 2. The molecule has 206 valence electrons. The van der Waals surface area contributed by atoms with Gasteiger partial charge in [-0.25, -0.2) is 4.79 Å². The Hall–Kier alpha value is -2.38. The molecule has 0 aliphatic heterocycles. The standard InChI is InChI=1S/C30H45NO5S/c1-11-30(12-2,21-13-14-22(19(5)15-21)36-17-23(32)29(7,8)9)24-16-20(6)26(37-24)27(33)31-25(18(3)4)28(34)35-10/h13-16,18,23,25,32H,11-12,17H2,1-10H3,(H,31,33)/t23?,25-/m1/s1. The summed E-state index contributed by atoms with van der Waals surface area (Å²) in [6.07, 6.45) is 1.16. The largest absolute Gasteiger partial charge is 0.491 e. The predicted molar refractivity (Wildman–Crippen MR) is 151 cm³/mol. The number of hydrogen-bond acceptors (Lipinski definition) is 6. The van der Waals surface area contributed by atoms with E-state index in [1.165, 1.54) is 24.0 Å². The zero-order valence-electron chi connectivity index (χ0n) is 24.2. The first-order chi connectivity index (χ1) is 17.2. The third-order valence-electron chi connectivity index (χ3n) is 7.34. The van der Waals surface area contributed by atoms with Crippen LogP contribution in [0.3, 0.4) is 0 Å². The Labute approximate surface area is 226 Å². The molecule has 0 spiro atoms. The summed E-state index contributed by atoms with van der Waals surface area (Å²) in [6, 6.07) is 7.65. The first-order valence-corrected chi connectivity index (χ1v) is 13.9. The van der Waals surface area contributed by atoms with Gasteiger partial charge in [-0.15, -0.1) is 11.3 Å². The summed E-state index contributed by atoms with van der Waals surface area (Å²) in [5.74, 6) is -0.0220. The van der Waals surface area contributed by atoms with E-state index in [1.54, 1.807) is 0 Å². The van der Waals surface area contributed by atoms with Crippen molar-refractivity contribution in [2.24, 2.45) is 11.3 Å². The zero-order valence-corrected chi connectivity index (χ0v) is 25.0. The van der Waals surface area contributed by atoms with Crippen molar-refractivity contribution in [3.8, 4) is 5.75 Å². The van der Waals surface area contributed by atoms with Crippen LogP contribution in [-0.2, 0) is 14.9 Å². The number of benzene rings is 1. The maximum atomic E-state index is 13.2. The van der Waals surface area contributed by atoms with Crippen LogP contribution >= 0.6 is 11.3 Å². The smallest absolute Gasteiger partial charge is 0.328 e. The molecule has 1 aromatic carbocycles. The second-order valence-corrected chi connectivity index (χ2v) is 12.4. The normalized spacial score (nSPS) is 13.8. The summed E-state index contributed by atoms with van der Waals surface area (Å²) < 4.78 is 10.9. The van der Waals surface area contributed by atoms with E-state index in [0.717, 1.165) is 34.6 Å². The number of aryl methyl sites for hydroxylation is 2. The lowest BCUT2D eigenvalue weighted by Crippen LogP contribution is -2.44. The van der Waals surface area contributed by atoms with Gasteiger partial charge in [0.25, 0.3) is 5.91 Å². The SMILES string of the molecule is CCC(CC)(c1ccc(OCC(O)C(C)(C)C)c(C)c1)c1cc(C)c(C(=O)N[C@@H](C(=O)OC)C(C)C)s1. The summed E-state index contributed by atoms with van der Waals surface area (Å²) in [5, 5.41) is 13.2. The van der Waals surface area contributed by atoms with Crippen molar-refractivity contribution in [2.75, 3.05) is 13.7 Å². The molecule has 37 heavy (non-hydrogen) atoms. The molecule has 2 atom stereocenters. The Kier molecular flexibility index (Phi) is 10.4. The highest BCUT2D eigenvalue weighted by molar-refractivity contribution is 7.14. The van der Waals surface area contributed by atoms with Crippen LogP contribution in [0.25, 0.3) is 0 Å². The van der Waals surface area contributed by atoms with Gasteiger partial charge in [0, 0.05) is 10.3 Å². The molecule has 1 unspecified atom stereocenters. The van der Waals surface area contributed by atoms with Gasteiger partial charge < -0.3 is 19.9 Å². The summed E-state index contributed by atoms with van der Waals surface area (Å²) in [4.78, 5) is 27.1. The van der Waals surface area contributed by atoms with Crippen molar-refractivity contribution in [1.82, 2.24) is 5.32 Å². The minimum Gasteiger partial charge on any atom is -0.491 e. The number of ether oxygens (including phenoxy) is 2. The molecule has 2 N–H and O–H groups in total. The van der Waals surface area contributed by atoms with Gasteiger partial charge in [0.05, 0.1) is 18.1 Å². The summed E-state index contributed by atoms with van der Waals surface area (Å²) in [6.45, 7) is 18.3. The van der Waals surface area contributed by atoms with Crippen LogP contribution in [0.5, 0.6) is 5.75 Å². The van der Waals surface area contributed by atoms with Crippen molar-refractivity contribution >= 4 is 23.2 Å². The minimum atomic E-state index is -0.698. The van der Waals surface area contributed by atoms with Crippen LogP contribution in [0.4, 0.5) is 0 Å². The molecule has 6 nitrogen and oxygen atoms in total. The van der Waals surface area contributed by atoms with E-state index in [2.05, 4.69) is 37.4 Å². The maximum Gasteiger partial charge on any atom is 0.328 e. The number of aliphatic hydroxyl groups excluding tert-OH is 1. The molecule has 0 saturated heterocycles. The van der Waals surface area contributed by atoms with Gasteiger partial charge in [0.2, 0.25) is 0 Å². The Morgan fingerprint density at radius 3 is 2.16 bits per heavy atom. The Balaban J connectivity index is 2.38. The van der Waals surface area contributed by atoms with Crippen LogP contribution in [0, 0.1) is 25.2 Å². The fourth-order valence-electron chi connectivity index (χ4n) is 4.45. The first kappa shape index (κ1) is 30.8. The highest BCUT2D eigenvalue weighted by Crippen LogP contribution is 2.44. The second kappa shape index (κ2) is 12.4. The Morgan fingerprint density at radius 1 is 1.05 bits per heavy atom. The predicted octanol–water partition coefficient (Wildman–Crippen LogP) is 6.18. The number of esters is 1. The van der Waals surface area contributed by atoms with Gasteiger partial charge in [0.15, 0.2) is 0 Å². The number of nitrogens with one attached hydrogen (secondary N) is 1. The number of methoxy groups -OCH3 is 1. The second-order valence-electron chi connectivity index (χ2n) is 11.3. The van der Waals surface area contributed by atoms with Gasteiger partial charge >= 0.3 is 5.97 Å². The average Bonchev–Trinajstić information content (AvgIpc) is 3.23. The fraction of sp³-hybridized carbons (Fsp3) is 0.600. The van der Waals surface area contributed by atoms with Crippen molar-refractivity contribution in [3.63, 3.8) is 0 Å². The number of aliphatic hydroxyl groups is 1. The van der Waals surface area contributed by atoms with Gasteiger partial charge in [-0.05, 0) is 66.8 Å². The average molecular weight is 532 g/mol. The van der Waals surface area contributed by atoms with Crippen molar-refractivity contribution in [1.29, 1.82) is 0 Å². The van der Waals surface area contributed by atoms with Crippen LogP contribution in [-0.4, -0.2) is 42.8 Å². The van der Waals surface area contributed by atoms with E-state index in [1.807, 2.05) is 54.5 Å². The molecular weight excluding hydrogens is 486 g/mol. The topological polar surface area (TPSA) is 84.9 Å². The molecule has 7 heteroatoms. The number of rotatable bonds is 11. The van der Waals surface area contributed by atoms with E-state index in [9.17, 15) is 14.7 Å². The lowest BCUT2D eigenvalue weighted by molar-refractivity contribution is -0.144. The molecule has 2 aromatic rings. The summed E-state index contributed by atoms with van der Waals surface area (Å²) in [5.41, 5.74) is 2.56. The fourth-order valence-corrected chi connectivity index (χ4v) is 5.88. The highest BCUT2D eigenvalue weighted by Gasteiger charge is 2.35. The lowest BCUT2D eigenvalue weighted by Gasteiger charge is -2.32. The van der Waals surface area contributed by atoms with Gasteiger partial charge in [0.1, 0.15) is 18.4 Å².